The maximum atomic E-state index is 12.1. The minimum Gasteiger partial charge on any atom is -0.327 e. The van der Waals surface area contributed by atoms with Crippen LogP contribution >= 0.6 is 0 Å². The van der Waals surface area contributed by atoms with Gasteiger partial charge in [-0.2, -0.15) is 0 Å². The molecule has 0 saturated carbocycles. The van der Waals surface area contributed by atoms with E-state index >= 15 is 0 Å². The number of amides is 1. The minimum absolute atomic E-state index is 0.0592. The molecule has 0 saturated heterocycles. The van der Waals surface area contributed by atoms with Crippen LogP contribution in [0.25, 0.3) is 11.3 Å². The van der Waals surface area contributed by atoms with E-state index in [-0.39, 0.29) is 6.03 Å². The summed E-state index contributed by atoms with van der Waals surface area (Å²) in [6.45, 7) is 2.87. The van der Waals surface area contributed by atoms with E-state index in [9.17, 15) is 4.79 Å². The van der Waals surface area contributed by atoms with Gasteiger partial charge in [0.2, 0.25) is 0 Å². The Morgan fingerprint density at radius 3 is 3.00 bits per heavy atom. The van der Waals surface area contributed by atoms with Gasteiger partial charge >= 0.3 is 6.03 Å². The summed E-state index contributed by atoms with van der Waals surface area (Å²) in [5, 5.41) is 0. The van der Waals surface area contributed by atoms with Crippen LogP contribution in [0, 0.1) is 0 Å². The molecule has 0 radical (unpaired) electrons. The first kappa shape index (κ1) is 13.3. The number of rotatable bonds is 4. The fourth-order valence-corrected chi connectivity index (χ4v) is 1.78. The molecule has 5 heteroatoms. The second-order valence-electron chi connectivity index (χ2n) is 4.47. The standard InChI is InChI=1S/C14H18N4O/c1-3-4-8-17(2)14(19)18-10-13(16-11-18)12-6-5-7-15-9-12/h5-7,9-11H,3-4,8H2,1-2H3. The van der Waals surface area contributed by atoms with E-state index in [4.69, 9.17) is 0 Å². The smallest absolute Gasteiger partial charge is 0.327 e. The summed E-state index contributed by atoms with van der Waals surface area (Å²) < 4.78 is 1.51. The van der Waals surface area contributed by atoms with Crippen molar-refractivity contribution in [1.82, 2.24) is 19.4 Å². The van der Waals surface area contributed by atoms with Crippen LogP contribution in [0.4, 0.5) is 4.79 Å². The molecule has 2 rings (SSSR count). The lowest BCUT2D eigenvalue weighted by atomic mass is 10.2. The third-order valence-corrected chi connectivity index (χ3v) is 2.93. The van der Waals surface area contributed by atoms with Gasteiger partial charge in [0.1, 0.15) is 6.33 Å². The number of hydrogen-bond acceptors (Lipinski definition) is 3. The zero-order valence-electron chi connectivity index (χ0n) is 11.3. The normalized spacial score (nSPS) is 10.4. The molecule has 0 aromatic carbocycles. The van der Waals surface area contributed by atoms with Gasteiger partial charge in [-0.1, -0.05) is 13.3 Å². The van der Waals surface area contributed by atoms with Crippen molar-refractivity contribution in [3.63, 3.8) is 0 Å². The van der Waals surface area contributed by atoms with Crippen molar-refractivity contribution in [2.24, 2.45) is 0 Å². The highest BCUT2D eigenvalue weighted by Gasteiger charge is 2.12. The molecule has 1 amide bonds. The fourth-order valence-electron chi connectivity index (χ4n) is 1.78. The molecule has 2 aromatic rings. The van der Waals surface area contributed by atoms with Gasteiger partial charge in [-0.05, 0) is 18.6 Å². The van der Waals surface area contributed by atoms with Crippen LogP contribution < -0.4 is 0 Å². The Kier molecular flexibility index (Phi) is 4.28. The predicted octanol–water partition coefficient (Wildman–Crippen LogP) is 2.65. The Balaban J connectivity index is 2.11. The van der Waals surface area contributed by atoms with E-state index in [1.165, 1.54) is 4.57 Å². The lowest BCUT2D eigenvalue weighted by Crippen LogP contribution is -2.31. The summed E-state index contributed by atoms with van der Waals surface area (Å²) in [5.74, 6) is 0. The monoisotopic (exact) mass is 258 g/mol. The van der Waals surface area contributed by atoms with E-state index in [0.29, 0.717) is 0 Å². The molecular formula is C14H18N4O. The van der Waals surface area contributed by atoms with Gasteiger partial charge in [0.25, 0.3) is 0 Å². The molecule has 0 fully saturated rings. The van der Waals surface area contributed by atoms with E-state index in [1.807, 2.05) is 19.2 Å². The van der Waals surface area contributed by atoms with Gasteiger partial charge in [-0.15, -0.1) is 0 Å². The van der Waals surface area contributed by atoms with E-state index in [0.717, 1.165) is 30.6 Å². The van der Waals surface area contributed by atoms with Crippen LogP contribution in [0.15, 0.2) is 37.1 Å². The van der Waals surface area contributed by atoms with Gasteiger partial charge in [0, 0.05) is 37.7 Å². The third-order valence-electron chi connectivity index (χ3n) is 2.93. The summed E-state index contributed by atoms with van der Waals surface area (Å²) in [6.07, 6.45) is 8.81. The average Bonchev–Trinajstić information content (AvgIpc) is 2.94. The molecule has 0 aliphatic rings. The van der Waals surface area contributed by atoms with Crippen molar-refractivity contribution in [2.75, 3.05) is 13.6 Å². The van der Waals surface area contributed by atoms with Crippen molar-refractivity contribution >= 4 is 6.03 Å². The first-order valence-electron chi connectivity index (χ1n) is 6.42. The molecule has 0 unspecified atom stereocenters. The second kappa shape index (κ2) is 6.13. The first-order chi connectivity index (χ1) is 9.22. The highest BCUT2D eigenvalue weighted by atomic mass is 16.2. The predicted molar refractivity (Wildman–Crippen MR) is 73.8 cm³/mol. The molecule has 2 heterocycles. The Morgan fingerprint density at radius 1 is 1.47 bits per heavy atom. The van der Waals surface area contributed by atoms with Crippen molar-refractivity contribution in [2.45, 2.75) is 19.8 Å². The molecule has 0 atom stereocenters. The van der Waals surface area contributed by atoms with Crippen molar-refractivity contribution in [3.05, 3.63) is 37.1 Å². The Morgan fingerprint density at radius 2 is 2.32 bits per heavy atom. The number of unbranched alkanes of at least 4 members (excludes halogenated alkanes) is 1. The largest absolute Gasteiger partial charge is 0.329 e. The van der Waals surface area contributed by atoms with Crippen LogP contribution in [-0.4, -0.2) is 39.1 Å². The van der Waals surface area contributed by atoms with Gasteiger partial charge in [0.05, 0.1) is 5.69 Å². The number of aromatic nitrogens is 3. The Hall–Kier alpha value is -2.17. The zero-order valence-corrected chi connectivity index (χ0v) is 11.3. The van der Waals surface area contributed by atoms with E-state index in [2.05, 4.69) is 16.9 Å². The number of pyridine rings is 1. The second-order valence-corrected chi connectivity index (χ2v) is 4.47. The quantitative estimate of drug-likeness (QED) is 0.847. The highest BCUT2D eigenvalue weighted by Crippen LogP contribution is 2.15. The summed E-state index contributed by atoms with van der Waals surface area (Å²) >= 11 is 0. The van der Waals surface area contributed by atoms with Crippen molar-refractivity contribution in [1.29, 1.82) is 0 Å². The SMILES string of the molecule is CCCCN(C)C(=O)n1cnc(-c2cccnc2)c1. The van der Waals surface area contributed by atoms with Crippen LogP contribution in [0.5, 0.6) is 0 Å². The molecule has 0 aliphatic carbocycles. The number of hydrogen-bond donors (Lipinski definition) is 0. The topological polar surface area (TPSA) is 51.0 Å². The molecule has 0 bridgehead atoms. The van der Waals surface area contributed by atoms with Crippen LogP contribution in [-0.2, 0) is 0 Å². The zero-order chi connectivity index (χ0) is 13.7. The molecule has 2 aromatic heterocycles. The molecule has 100 valence electrons. The molecule has 0 N–H and O–H groups in total. The summed E-state index contributed by atoms with van der Waals surface area (Å²) in [6, 6.07) is 3.71. The summed E-state index contributed by atoms with van der Waals surface area (Å²) in [4.78, 5) is 22.1. The first-order valence-corrected chi connectivity index (χ1v) is 6.42. The van der Waals surface area contributed by atoms with Crippen LogP contribution in [0.1, 0.15) is 19.8 Å². The average molecular weight is 258 g/mol. The van der Waals surface area contributed by atoms with Crippen LogP contribution in [0.2, 0.25) is 0 Å². The minimum atomic E-state index is -0.0592. The number of carbonyl (C=O) groups excluding carboxylic acids is 1. The Labute approximate surface area is 112 Å². The highest BCUT2D eigenvalue weighted by molar-refractivity contribution is 5.77. The lowest BCUT2D eigenvalue weighted by Gasteiger charge is -2.16. The van der Waals surface area contributed by atoms with Gasteiger partial charge in [-0.3, -0.25) is 9.55 Å². The van der Waals surface area contributed by atoms with E-state index in [1.54, 1.807) is 29.8 Å². The maximum Gasteiger partial charge on any atom is 0.329 e. The Bertz CT molecular complexity index is 535. The fraction of sp³-hybridized carbons (Fsp3) is 0.357. The van der Waals surface area contributed by atoms with Crippen molar-refractivity contribution in [3.8, 4) is 11.3 Å². The summed E-state index contributed by atoms with van der Waals surface area (Å²) in [5.41, 5.74) is 1.66. The van der Waals surface area contributed by atoms with Gasteiger partial charge < -0.3 is 4.90 Å². The molecule has 0 aliphatic heterocycles. The molecule has 0 spiro atoms. The van der Waals surface area contributed by atoms with Crippen LogP contribution in [0.3, 0.4) is 0 Å². The molecule has 5 nitrogen and oxygen atoms in total. The number of nitrogens with zero attached hydrogens (tertiary/aromatic N) is 4. The number of imidazole rings is 1. The maximum absolute atomic E-state index is 12.1. The lowest BCUT2D eigenvalue weighted by molar-refractivity contribution is 0.210. The number of carbonyl (C=O) groups is 1. The van der Waals surface area contributed by atoms with E-state index < -0.39 is 0 Å². The van der Waals surface area contributed by atoms with Crippen molar-refractivity contribution < 1.29 is 4.79 Å². The molecular weight excluding hydrogens is 240 g/mol. The third kappa shape index (κ3) is 3.19. The van der Waals surface area contributed by atoms with Gasteiger partial charge in [0.15, 0.2) is 0 Å². The molecule has 19 heavy (non-hydrogen) atoms. The van der Waals surface area contributed by atoms with Gasteiger partial charge in [-0.25, -0.2) is 9.78 Å². The summed E-state index contributed by atoms with van der Waals surface area (Å²) in [7, 11) is 1.81.